The van der Waals surface area contributed by atoms with Crippen LogP contribution in [0.25, 0.3) is 0 Å². The van der Waals surface area contributed by atoms with E-state index < -0.39 is 0 Å². The molecule has 0 bridgehead atoms. The molecular formula is C19H37N5S. The van der Waals surface area contributed by atoms with Gasteiger partial charge in [0.2, 0.25) is 0 Å². The van der Waals surface area contributed by atoms with E-state index in [2.05, 4.69) is 62.1 Å². The summed E-state index contributed by atoms with van der Waals surface area (Å²) in [5, 5.41) is 7.95. The molecule has 0 saturated carbocycles. The van der Waals surface area contributed by atoms with Crippen molar-refractivity contribution in [2.45, 2.75) is 72.9 Å². The number of aryl methyl sites for hydroxylation is 1. The van der Waals surface area contributed by atoms with Crippen LogP contribution in [-0.2, 0) is 12.8 Å². The lowest BCUT2D eigenvalue weighted by atomic mass is 10.2. The Morgan fingerprint density at radius 2 is 1.92 bits per heavy atom. The third kappa shape index (κ3) is 8.68. The quantitative estimate of drug-likeness (QED) is 0.358. The van der Waals surface area contributed by atoms with Crippen LogP contribution in [0, 0.1) is 0 Å². The van der Waals surface area contributed by atoms with Gasteiger partial charge in [-0.3, -0.25) is 9.89 Å². The Labute approximate surface area is 158 Å². The number of aromatic nitrogens is 1. The van der Waals surface area contributed by atoms with E-state index >= 15 is 0 Å². The monoisotopic (exact) mass is 367 g/mol. The Morgan fingerprint density at radius 1 is 1.20 bits per heavy atom. The molecule has 2 N–H and O–H groups in total. The van der Waals surface area contributed by atoms with E-state index in [0.29, 0.717) is 12.1 Å². The Bertz CT molecular complexity index is 488. The molecule has 0 radical (unpaired) electrons. The van der Waals surface area contributed by atoms with Gasteiger partial charge >= 0.3 is 0 Å². The van der Waals surface area contributed by atoms with Gasteiger partial charge in [0.25, 0.3) is 0 Å². The van der Waals surface area contributed by atoms with Crippen molar-refractivity contribution in [2.75, 3.05) is 26.2 Å². The highest BCUT2D eigenvalue weighted by molar-refractivity contribution is 7.11. The summed E-state index contributed by atoms with van der Waals surface area (Å²) in [6, 6.07) is 1.17. The lowest BCUT2D eigenvalue weighted by Gasteiger charge is -2.30. The zero-order chi connectivity index (χ0) is 18.7. The van der Waals surface area contributed by atoms with E-state index in [1.807, 2.05) is 17.5 Å². The number of hydrogen-bond donors (Lipinski definition) is 2. The zero-order valence-corrected chi connectivity index (χ0v) is 17.7. The molecule has 0 unspecified atom stereocenters. The average Bonchev–Trinajstić information content (AvgIpc) is 3.01. The molecule has 0 atom stereocenters. The van der Waals surface area contributed by atoms with Crippen LogP contribution in [0.15, 0.2) is 11.2 Å². The minimum atomic E-state index is 0.585. The highest BCUT2D eigenvalue weighted by Gasteiger charge is 2.12. The van der Waals surface area contributed by atoms with Crippen LogP contribution in [-0.4, -0.2) is 54.1 Å². The van der Waals surface area contributed by atoms with Gasteiger partial charge in [0.05, 0.1) is 5.01 Å². The third-order valence-corrected chi connectivity index (χ3v) is 5.30. The molecule has 5 nitrogen and oxygen atoms in total. The molecule has 0 saturated heterocycles. The van der Waals surface area contributed by atoms with Crippen LogP contribution in [0.2, 0.25) is 0 Å². The molecule has 1 aromatic heterocycles. The SMILES string of the molecule is CCNC(=NCCCN(C(C)C)C(C)C)NCCc1ncc(CC)s1. The van der Waals surface area contributed by atoms with Gasteiger partial charge < -0.3 is 10.6 Å². The van der Waals surface area contributed by atoms with E-state index in [0.717, 1.165) is 51.4 Å². The molecule has 0 aromatic carbocycles. The lowest BCUT2D eigenvalue weighted by molar-refractivity contribution is 0.174. The molecule has 0 fully saturated rings. The maximum absolute atomic E-state index is 4.71. The number of thiazole rings is 1. The van der Waals surface area contributed by atoms with Gasteiger partial charge in [0, 0.05) is 55.8 Å². The zero-order valence-electron chi connectivity index (χ0n) is 16.9. The number of nitrogens with one attached hydrogen (secondary N) is 2. The van der Waals surface area contributed by atoms with Crippen molar-refractivity contribution in [1.29, 1.82) is 0 Å². The Hall–Kier alpha value is -1.14. The Balaban J connectivity index is 2.37. The number of nitrogens with zero attached hydrogens (tertiary/aromatic N) is 3. The summed E-state index contributed by atoms with van der Waals surface area (Å²) < 4.78 is 0. The summed E-state index contributed by atoms with van der Waals surface area (Å²) >= 11 is 1.81. The minimum absolute atomic E-state index is 0.585. The summed E-state index contributed by atoms with van der Waals surface area (Å²) in [5.41, 5.74) is 0. The van der Waals surface area contributed by atoms with Gasteiger partial charge in [0.1, 0.15) is 0 Å². The highest BCUT2D eigenvalue weighted by atomic mass is 32.1. The molecule has 0 aliphatic heterocycles. The highest BCUT2D eigenvalue weighted by Crippen LogP contribution is 2.13. The van der Waals surface area contributed by atoms with Crippen LogP contribution < -0.4 is 10.6 Å². The van der Waals surface area contributed by atoms with Crippen LogP contribution in [0.5, 0.6) is 0 Å². The minimum Gasteiger partial charge on any atom is -0.357 e. The van der Waals surface area contributed by atoms with Gasteiger partial charge in [-0.05, 0) is 47.5 Å². The second-order valence-corrected chi connectivity index (χ2v) is 7.99. The number of aliphatic imine (C=N–C) groups is 1. The molecule has 0 aliphatic carbocycles. The number of rotatable bonds is 11. The van der Waals surface area contributed by atoms with Gasteiger partial charge in [-0.1, -0.05) is 6.92 Å². The largest absolute Gasteiger partial charge is 0.357 e. The van der Waals surface area contributed by atoms with Crippen molar-refractivity contribution in [3.63, 3.8) is 0 Å². The first-order chi connectivity index (χ1) is 12.0. The van der Waals surface area contributed by atoms with E-state index in [9.17, 15) is 0 Å². The predicted molar refractivity (Wildman–Crippen MR) is 111 cm³/mol. The van der Waals surface area contributed by atoms with Gasteiger partial charge in [-0.15, -0.1) is 11.3 Å². The van der Waals surface area contributed by atoms with Crippen molar-refractivity contribution in [1.82, 2.24) is 20.5 Å². The molecule has 1 aromatic rings. The first kappa shape index (κ1) is 21.9. The average molecular weight is 368 g/mol. The summed E-state index contributed by atoms with van der Waals surface area (Å²) in [7, 11) is 0. The molecule has 6 heteroatoms. The van der Waals surface area contributed by atoms with E-state index in [1.54, 1.807) is 0 Å². The fourth-order valence-corrected chi connectivity index (χ4v) is 3.68. The van der Waals surface area contributed by atoms with Crippen molar-refractivity contribution in [2.24, 2.45) is 4.99 Å². The fraction of sp³-hybridized carbons (Fsp3) is 0.789. The molecule has 0 amide bonds. The van der Waals surface area contributed by atoms with Crippen LogP contribution in [0.3, 0.4) is 0 Å². The maximum atomic E-state index is 4.71. The molecule has 0 spiro atoms. The topological polar surface area (TPSA) is 52.6 Å². The Kier molecular flexibility index (Phi) is 10.7. The molecular weight excluding hydrogens is 330 g/mol. The predicted octanol–water partition coefficient (Wildman–Crippen LogP) is 3.31. The summed E-state index contributed by atoms with van der Waals surface area (Å²) in [6.07, 6.45) is 5.09. The van der Waals surface area contributed by atoms with Crippen molar-refractivity contribution in [3.05, 3.63) is 16.1 Å². The molecule has 0 aliphatic rings. The smallest absolute Gasteiger partial charge is 0.191 e. The molecule has 144 valence electrons. The standard InChI is InChI=1S/C19H37N5S/c1-7-17-14-23-18(25-17)10-12-22-19(20-8-2)21-11-9-13-24(15(3)4)16(5)6/h14-16H,7-13H2,1-6H3,(H2,20,21,22). The second kappa shape index (κ2) is 12.3. The van der Waals surface area contributed by atoms with E-state index in [4.69, 9.17) is 4.99 Å². The van der Waals surface area contributed by atoms with Gasteiger partial charge in [-0.25, -0.2) is 4.98 Å². The summed E-state index contributed by atoms with van der Waals surface area (Å²) in [4.78, 5) is 13.1. The number of guanidine groups is 1. The second-order valence-electron chi connectivity index (χ2n) is 6.79. The van der Waals surface area contributed by atoms with Crippen LogP contribution >= 0.6 is 11.3 Å². The summed E-state index contributed by atoms with van der Waals surface area (Å²) in [6.45, 7) is 17.0. The van der Waals surface area contributed by atoms with Gasteiger partial charge in [0.15, 0.2) is 5.96 Å². The lowest BCUT2D eigenvalue weighted by Crippen LogP contribution is -2.39. The third-order valence-electron chi connectivity index (χ3n) is 4.10. The molecule has 1 rings (SSSR count). The van der Waals surface area contributed by atoms with Crippen molar-refractivity contribution in [3.8, 4) is 0 Å². The Morgan fingerprint density at radius 3 is 2.48 bits per heavy atom. The maximum Gasteiger partial charge on any atom is 0.191 e. The number of hydrogen-bond acceptors (Lipinski definition) is 4. The van der Waals surface area contributed by atoms with Crippen LogP contribution in [0.1, 0.15) is 57.8 Å². The van der Waals surface area contributed by atoms with E-state index in [-0.39, 0.29) is 0 Å². The van der Waals surface area contributed by atoms with Gasteiger partial charge in [-0.2, -0.15) is 0 Å². The van der Waals surface area contributed by atoms with Crippen molar-refractivity contribution < 1.29 is 0 Å². The summed E-state index contributed by atoms with van der Waals surface area (Å²) in [5.74, 6) is 0.912. The molecule has 25 heavy (non-hydrogen) atoms. The molecule has 1 heterocycles. The van der Waals surface area contributed by atoms with Crippen LogP contribution in [0.4, 0.5) is 0 Å². The van der Waals surface area contributed by atoms with Crippen molar-refractivity contribution >= 4 is 17.3 Å². The first-order valence-electron chi connectivity index (χ1n) is 9.69. The van der Waals surface area contributed by atoms with E-state index in [1.165, 1.54) is 9.88 Å². The fourth-order valence-electron chi connectivity index (χ4n) is 2.81. The first-order valence-corrected chi connectivity index (χ1v) is 10.5. The normalized spacial score (nSPS) is 12.4.